The summed E-state index contributed by atoms with van der Waals surface area (Å²) in [5.74, 6) is 1.44. The highest BCUT2D eigenvalue weighted by atomic mass is 127. The molecular weight excluding hydrogens is 467 g/mol. The Balaban J connectivity index is 0.00000280. The minimum absolute atomic E-state index is 0. The Bertz CT molecular complexity index is 720. The van der Waals surface area contributed by atoms with Crippen LogP contribution in [0.3, 0.4) is 0 Å². The third-order valence-corrected chi connectivity index (χ3v) is 5.90. The molecule has 28 heavy (non-hydrogen) atoms. The highest BCUT2D eigenvalue weighted by molar-refractivity contribution is 14.0. The summed E-state index contributed by atoms with van der Waals surface area (Å²) < 4.78 is 5.87. The zero-order valence-corrected chi connectivity index (χ0v) is 19.8. The number of carbonyl (C=O) groups is 1. The second kappa shape index (κ2) is 9.43. The molecular formula is C21H33IN4O2. The number of halogens is 1. The van der Waals surface area contributed by atoms with Gasteiger partial charge in [0.15, 0.2) is 5.96 Å². The van der Waals surface area contributed by atoms with E-state index in [0.29, 0.717) is 18.1 Å². The monoisotopic (exact) mass is 500 g/mol. The Labute approximate surface area is 185 Å². The topological polar surface area (TPSA) is 66.0 Å². The minimum Gasteiger partial charge on any atom is -0.377 e. The van der Waals surface area contributed by atoms with Gasteiger partial charge in [-0.2, -0.15) is 0 Å². The number of benzene rings is 1. The number of nitrogens with one attached hydrogen (secondary N) is 2. The van der Waals surface area contributed by atoms with Crippen LogP contribution in [0.2, 0.25) is 0 Å². The van der Waals surface area contributed by atoms with Gasteiger partial charge >= 0.3 is 0 Å². The molecule has 1 saturated heterocycles. The van der Waals surface area contributed by atoms with E-state index in [9.17, 15) is 4.79 Å². The predicted octanol–water partition coefficient (Wildman–Crippen LogP) is 2.53. The average Bonchev–Trinajstić information content (AvgIpc) is 3.11. The van der Waals surface area contributed by atoms with Crippen LogP contribution in [0.1, 0.15) is 36.2 Å². The molecule has 2 aliphatic rings. The molecule has 0 spiro atoms. The fraction of sp³-hybridized carbons (Fsp3) is 0.619. The normalized spacial score (nSPS) is 25.2. The van der Waals surface area contributed by atoms with Crippen LogP contribution >= 0.6 is 24.0 Å². The lowest BCUT2D eigenvalue weighted by atomic mass is 9.57. The fourth-order valence-corrected chi connectivity index (χ4v) is 4.40. The van der Waals surface area contributed by atoms with Gasteiger partial charge in [-0.15, -0.1) is 24.0 Å². The van der Waals surface area contributed by atoms with Crippen LogP contribution in [0.5, 0.6) is 0 Å². The lowest BCUT2D eigenvalue weighted by Gasteiger charge is -2.54. The molecule has 6 nitrogen and oxygen atoms in total. The van der Waals surface area contributed by atoms with E-state index in [1.807, 2.05) is 18.2 Å². The molecule has 3 unspecified atom stereocenters. The third kappa shape index (κ3) is 4.62. The van der Waals surface area contributed by atoms with Crippen LogP contribution in [0.4, 0.5) is 0 Å². The lowest BCUT2D eigenvalue weighted by molar-refractivity contribution is -0.106. The summed E-state index contributed by atoms with van der Waals surface area (Å²) in [5.41, 5.74) is 1.99. The summed E-state index contributed by atoms with van der Waals surface area (Å²) in [7, 11) is 5.35. The average molecular weight is 500 g/mol. The maximum Gasteiger partial charge on any atom is 0.253 e. The Hall–Kier alpha value is -1.35. The van der Waals surface area contributed by atoms with E-state index >= 15 is 0 Å². The van der Waals surface area contributed by atoms with Crippen molar-refractivity contribution in [2.24, 2.45) is 16.3 Å². The van der Waals surface area contributed by atoms with Crippen molar-refractivity contribution in [1.82, 2.24) is 15.5 Å². The van der Waals surface area contributed by atoms with Gasteiger partial charge in [0, 0.05) is 57.2 Å². The molecule has 2 N–H and O–H groups in total. The fourth-order valence-electron chi connectivity index (χ4n) is 4.40. The van der Waals surface area contributed by atoms with Crippen LogP contribution in [-0.4, -0.2) is 63.2 Å². The molecule has 1 amide bonds. The Kier molecular flexibility index (Phi) is 7.73. The van der Waals surface area contributed by atoms with Crippen molar-refractivity contribution in [3.8, 4) is 0 Å². The summed E-state index contributed by atoms with van der Waals surface area (Å²) in [6.07, 6.45) is 2.32. The number of amides is 1. The van der Waals surface area contributed by atoms with Gasteiger partial charge in [-0.3, -0.25) is 9.79 Å². The zero-order chi connectivity index (χ0) is 19.6. The lowest BCUT2D eigenvalue weighted by Crippen LogP contribution is -2.68. The standard InChI is InChI=1S/C21H32N4O2.HI/c1-21(2)17(16-10-12-27-18(16)21)24-20(22-3)23-11-9-14-7-6-8-15(13-14)19(26)25(4)5;/h6-8,13,16-18H,9-12H2,1-5H3,(H2,22,23,24);1H. The Morgan fingerprint density at radius 2 is 2.11 bits per heavy atom. The van der Waals surface area contributed by atoms with Crippen LogP contribution in [0, 0.1) is 11.3 Å². The maximum atomic E-state index is 12.1. The smallest absolute Gasteiger partial charge is 0.253 e. The number of rotatable bonds is 5. The molecule has 1 aliphatic carbocycles. The first kappa shape index (κ1) is 22.9. The first-order valence-corrected chi connectivity index (χ1v) is 9.74. The van der Waals surface area contributed by atoms with E-state index in [2.05, 4.69) is 35.5 Å². The van der Waals surface area contributed by atoms with Crippen LogP contribution in [0.15, 0.2) is 29.3 Å². The van der Waals surface area contributed by atoms with Crippen molar-refractivity contribution in [1.29, 1.82) is 0 Å². The molecule has 1 aromatic rings. The van der Waals surface area contributed by atoms with Crippen molar-refractivity contribution in [3.63, 3.8) is 0 Å². The van der Waals surface area contributed by atoms with Crippen molar-refractivity contribution in [3.05, 3.63) is 35.4 Å². The number of nitrogens with zero attached hydrogens (tertiary/aromatic N) is 2. The quantitative estimate of drug-likeness (QED) is 0.371. The van der Waals surface area contributed by atoms with Crippen molar-refractivity contribution < 1.29 is 9.53 Å². The van der Waals surface area contributed by atoms with Gasteiger partial charge in [0.2, 0.25) is 0 Å². The zero-order valence-electron chi connectivity index (χ0n) is 17.5. The van der Waals surface area contributed by atoms with Gasteiger partial charge in [-0.25, -0.2) is 0 Å². The number of ether oxygens (including phenoxy) is 1. The van der Waals surface area contributed by atoms with E-state index in [1.165, 1.54) is 0 Å². The molecule has 0 bridgehead atoms. The highest BCUT2D eigenvalue weighted by Crippen LogP contribution is 2.52. The van der Waals surface area contributed by atoms with Gasteiger partial charge in [-0.05, 0) is 30.5 Å². The van der Waals surface area contributed by atoms with Crippen molar-refractivity contribution >= 4 is 35.8 Å². The van der Waals surface area contributed by atoms with Crippen LogP contribution in [-0.2, 0) is 11.2 Å². The van der Waals surface area contributed by atoms with E-state index in [4.69, 9.17) is 4.74 Å². The first-order valence-electron chi connectivity index (χ1n) is 9.74. The molecule has 1 saturated carbocycles. The molecule has 1 aromatic carbocycles. The van der Waals surface area contributed by atoms with Gasteiger partial charge in [0.1, 0.15) is 0 Å². The van der Waals surface area contributed by atoms with Crippen LogP contribution < -0.4 is 10.6 Å². The maximum absolute atomic E-state index is 12.1. The van der Waals surface area contributed by atoms with Crippen LogP contribution in [0.25, 0.3) is 0 Å². The molecule has 3 rings (SSSR count). The molecule has 1 heterocycles. The third-order valence-electron chi connectivity index (χ3n) is 5.90. The van der Waals surface area contributed by atoms with Crippen molar-refractivity contribution in [2.75, 3.05) is 34.3 Å². The SMILES string of the molecule is CN=C(NCCc1cccc(C(=O)N(C)C)c1)NC1C2CCOC2C1(C)C.I. The molecule has 2 fully saturated rings. The molecule has 156 valence electrons. The molecule has 7 heteroatoms. The largest absolute Gasteiger partial charge is 0.377 e. The number of fused-ring (bicyclic) bond motifs is 1. The summed E-state index contributed by atoms with van der Waals surface area (Å²) in [6, 6.07) is 8.21. The van der Waals surface area contributed by atoms with E-state index in [1.54, 1.807) is 26.0 Å². The highest BCUT2D eigenvalue weighted by Gasteiger charge is 2.59. The van der Waals surface area contributed by atoms with Gasteiger partial charge in [0.25, 0.3) is 5.91 Å². The summed E-state index contributed by atoms with van der Waals surface area (Å²) in [4.78, 5) is 18.1. The van der Waals surface area contributed by atoms with Gasteiger partial charge in [0.05, 0.1) is 6.10 Å². The number of carbonyl (C=O) groups excluding carboxylic acids is 1. The first-order chi connectivity index (χ1) is 12.8. The number of hydrogen-bond acceptors (Lipinski definition) is 3. The second-order valence-electron chi connectivity index (χ2n) is 8.34. The van der Waals surface area contributed by atoms with Gasteiger partial charge < -0.3 is 20.3 Å². The van der Waals surface area contributed by atoms with E-state index < -0.39 is 0 Å². The van der Waals surface area contributed by atoms with E-state index in [-0.39, 0.29) is 35.3 Å². The number of hydrogen-bond donors (Lipinski definition) is 2. The summed E-state index contributed by atoms with van der Waals surface area (Å²) >= 11 is 0. The van der Waals surface area contributed by atoms with Crippen molar-refractivity contribution in [2.45, 2.75) is 38.8 Å². The second-order valence-corrected chi connectivity index (χ2v) is 8.34. The summed E-state index contributed by atoms with van der Waals surface area (Å²) in [5, 5.41) is 7.00. The van der Waals surface area contributed by atoms with E-state index in [0.717, 1.165) is 43.1 Å². The minimum atomic E-state index is 0. The number of aliphatic imine (C=N–C) groups is 1. The Morgan fingerprint density at radius 1 is 1.36 bits per heavy atom. The molecule has 3 atom stereocenters. The molecule has 0 aromatic heterocycles. The predicted molar refractivity (Wildman–Crippen MR) is 123 cm³/mol. The number of guanidine groups is 1. The molecule has 0 radical (unpaired) electrons. The Morgan fingerprint density at radius 3 is 2.79 bits per heavy atom. The summed E-state index contributed by atoms with van der Waals surface area (Å²) in [6.45, 7) is 6.15. The molecule has 1 aliphatic heterocycles. The van der Waals surface area contributed by atoms with Gasteiger partial charge in [-0.1, -0.05) is 26.0 Å².